The summed E-state index contributed by atoms with van der Waals surface area (Å²) < 4.78 is 1.63. The molecule has 148 valence electrons. The van der Waals surface area contributed by atoms with E-state index in [-0.39, 0.29) is 12.1 Å². The average Bonchev–Trinajstić information content (AvgIpc) is 2.80. The lowest BCUT2D eigenvalue weighted by Crippen LogP contribution is -2.37. The first kappa shape index (κ1) is 18.2. The van der Waals surface area contributed by atoms with Crippen molar-refractivity contribution in [2.45, 2.75) is 12.6 Å². The molecule has 0 spiro atoms. The molecular formula is C23H19N5O2. The summed E-state index contributed by atoms with van der Waals surface area (Å²) in [6.45, 7) is 0.694. The van der Waals surface area contributed by atoms with Crippen molar-refractivity contribution < 1.29 is 5.11 Å². The van der Waals surface area contributed by atoms with Crippen LogP contribution in [0.2, 0.25) is 0 Å². The Morgan fingerprint density at radius 3 is 2.60 bits per heavy atom. The van der Waals surface area contributed by atoms with E-state index in [9.17, 15) is 9.90 Å². The van der Waals surface area contributed by atoms with Gasteiger partial charge in [-0.3, -0.25) is 9.36 Å². The van der Waals surface area contributed by atoms with Gasteiger partial charge in [-0.25, -0.2) is 15.0 Å². The van der Waals surface area contributed by atoms with Gasteiger partial charge in [-0.05, 0) is 23.3 Å². The van der Waals surface area contributed by atoms with Crippen LogP contribution < -0.4 is 10.5 Å². The van der Waals surface area contributed by atoms with Crippen LogP contribution in [0.15, 0.2) is 84.0 Å². The Morgan fingerprint density at radius 2 is 1.80 bits per heavy atom. The van der Waals surface area contributed by atoms with Crippen LogP contribution in [0.5, 0.6) is 0 Å². The zero-order valence-corrected chi connectivity index (χ0v) is 16.1. The minimum absolute atomic E-state index is 0.165. The van der Waals surface area contributed by atoms with E-state index in [4.69, 9.17) is 4.98 Å². The summed E-state index contributed by atoms with van der Waals surface area (Å²) in [5, 5.41) is 10.9. The van der Waals surface area contributed by atoms with Gasteiger partial charge in [0.15, 0.2) is 0 Å². The molecule has 1 aliphatic rings. The molecule has 5 rings (SSSR count). The Labute approximate surface area is 172 Å². The number of nitrogens with zero attached hydrogens (tertiary/aromatic N) is 5. The molecule has 0 aliphatic carbocycles. The minimum Gasteiger partial charge on any atom is -0.387 e. The summed E-state index contributed by atoms with van der Waals surface area (Å²) in [7, 11) is 0. The molecule has 30 heavy (non-hydrogen) atoms. The van der Waals surface area contributed by atoms with Crippen LogP contribution in [0.3, 0.4) is 0 Å². The number of aromatic nitrogens is 4. The van der Waals surface area contributed by atoms with E-state index in [2.05, 4.69) is 9.97 Å². The van der Waals surface area contributed by atoms with Crippen LogP contribution in [0.1, 0.15) is 17.2 Å². The van der Waals surface area contributed by atoms with Crippen LogP contribution >= 0.6 is 0 Å². The highest BCUT2D eigenvalue weighted by Crippen LogP contribution is 2.34. The van der Waals surface area contributed by atoms with Crippen LogP contribution in [-0.4, -0.2) is 31.2 Å². The molecular weight excluding hydrogens is 378 g/mol. The third kappa shape index (κ3) is 3.25. The first-order valence-corrected chi connectivity index (χ1v) is 9.67. The van der Waals surface area contributed by atoms with Gasteiger partial charge in [-0.15, -0.1) is 0 Å². The molecule has 0 saturated carbocycles. The fraction of sp³-hybridized carbons (Fsp3) is 0.130. The van der Waals surface area contributed by atoms with Crippen molar-refractivity contribution in [3.8, 4) is 11.4 Å². The number of para-hydroxylation sites is 1. The number of β-amino-alcohol motifs (C(OH)–C–C–N with tert-alkyl or cyclic N) is 1. The van der Waals surface area contributed by atoms with Crippen LogP contribution in [-0.2, 0) is 6.54 Å². The normalized spacial score (nSPS) is 13.4. The molecule has 0 fully saturated rings. The quantitative estimate of drug-likeness (QED) is 0.570. The maximum absolute atomic E-state index is 13.0. The molecule has 0 bridgehead atoms. The number of benzene rings is 2. The highest BCUT2D eigenvalue weighted by molar-refractivity contribution is 5.67. The molecule has 0 radical (unpaired) electrons. The number of aliphatic hydroxyl groups excluding tert-OH is 1. The summed E-state index contributed by atoms with van der Waals surface area (Å²) in [5.41, 5.74) is 3.63. The number of hydrogen-bond donors (Lipinski definition) is 1. The molecule has 2 aromatic carbocycles. The SMILES string of the molecule is O=c1cc(-c2ccncn2)nc2n1Cc1ccccc1N2C[C@@H](O)c1ccccc1. The van der Waals surface area contributed by atoms with Crippen molar-refractivity contribution in [1.29, 1.82) is 0 Å². The minimum atomic E-state index is -0.745. The molecule has 4 aromatic rings. The van der Waals surface area contributed by atoms with Crippen molar-refractivity contribution in [2.75, 3.05) is 11.4 Å². The van der Waals surface area contributed by atoms with Gasteiger partial charge in [0.25, 0.3) is 5.56 Å². The third-order valence-electron chi connectivity index (χ3n) is 5.22. The van der Waals surface area contributed by atoms with E-state index in [0.29, 0.717) is 23.9 Å². The average molecular weight is 397 g/mol. The second-order valence-electron chi connectivity index (χ2n) is 7.13. The maximum Gasteiger partial charge on any atom is 0.255 e. The summed E-state index contributed by atoms with van der Waals surface area (Å²) >= 11 is 0. The lowest BCUT2D eigenvalue weighted by Gasteiger charge is -2.34. The van der Waals surface area contributed by atoms with Gasteiger partial charge in [0.1, 0.15) is 6.33 Å². The van der Waals surface area contributed by atoms with Crippen molar-refractivity contribution >= 4 is 11.6 Å². The van der Waals surface area contributed by atoms with Gasteiger partial charge in [-0.2, -0.15) is 0 Å². The molecule has 1 aliphatic heterocycles. The Bertz CT molecular complexity index is 1240. The number of hydrogen-bond acceptors (Lipinski definition) is 6. The topological polar surface area (TPSA) is 84.1 Å². The number of aliphatic hydroxyl groups is 1. The lowest BCUT2D eigenvalue weighted by atomic mass is 10.1. The molecule has 1 atom stereocenters. The highest BCUT2D eigenvalue weighted by Gasteiger charge is 2.27. The van der Waals surface area contributed by atoms with E-state index in [1.54, 1.807) is 16.8 Å². The lowest BCUT2D eigenvalue weighted by molar-refractivity contribution is 0.185. The van der Waals surface area contributed by atoms with E-state index in [1.165, 1.54) is 12.4 Å². The van der Waals surface area contributed by atoms with E-state index >= 15 is 0 Å². The van der Waals surface area contributed by atoms with Gasteiger partial charge in [0.05, 0.1) is 30.6 Å². The third-order valence-corrected chi connectivity index (χ3v) is 5.22. The highest BCUT2D eigenvalue weighted by atomic mass is 16.3. The molecule has 0 amide bonds. The molecule has 1 N–H and O–H groups in total. The summed E-state index contributed by atoms with van der Waals surface area (Å²) in [6.07, 6.45) is 2.30. The fourth-order valence-electron chi connectivity index (χ4n) is 3.74. The number of rotatable bonds is 4. The van der Waals surface area contributed by atoms with Gasteiger partial charge in [0.2, 0.25) is 5.95 Å². The Hall–Kier alpha value is -3.84. The van der Waals surface area contributed by atoms with Crippen LogP contribution in [0.25, 0.3) is 11.4 Å². The number of anilines is 2. The predicted octanol–water partition coefficient (Wildman–Crippen LogP) is 2.93. The van der Waals surface area contributed by atoms with Crippen LogP contribution in [0, 0.1) is 0 Å². The molecule has 3 heterocycles. The monoisotopic (exact) mass is 397 g/mol. The first-order valence-electron chi connectivity index (χ1n) is 9.67. The van der Waals surface area contributed by atoms with Gasteiger partial charge in [-0.1, -0.05) is 48.5 Å². The van der Waals surface area contributed by atoms with Crippen LogP contribution in [0.4, 0.5) is 11.6 Å². The first-order chi connectivity index (χ1) is 14.7. The predicted molar refractivity (Wildman–Crippen MR) is 113 cm³/mol. The Kier molecular flexibility index (Phi) is 4.57. The molecule has 7 nitrogen and oxygen atoms in total. The Balaban J connectivity index is 1.63. The van der Waals surface area contributed by atoms with Crippen molar-refractivity contribution in [3.05, 3.63) is 101 Å². The van der Waals surface area contributed by atoms with E-state index in [0.717, 1.165) is 16.8 Å². The second-order valence-corrected chi connectivity index (χ2v) is 7.13. The number of fused-ring (bicyclic) bond motifs is 2. The summed E-state index contributed by atoms with van der Waals surface area (Å²) in [5.74, 6) is 0.491. The second kappa shape index (κ2) is 7.53. The van der Waals surface area contributed by atoms with Gasteiger partial charge < -0.3 is 10.0 Å². The van der Waals surface area contributed by atoms with Crippen molar-refractivity contribution in [2.24, 2.45) is 0 Å². The van der Waals surface area contributed by atoms with E-state index in [1.807, 2.05) is 59.5 Å². The van der Waals surface area contributed by atoms with Crippen molar-refractivity contribution in [3.63, 3.8) is 0 Å². The molecule has 0 saturated heterocycles. The molecule has 2 aromatic heterocycles. The fourth-order valence-corrected chi connectivity index (χ4v) is 3.74. The van der Waals surface area contributed by atoms with Gasteiger partial charge >= 0.3 is 0 Å². The summed E-state index contributed by atoms with van der Waals surface area (Å²) in [4.78, 5) is 27.8. The van der Waals surface area contributed by atoms with E-state index < -0.39 is 6.10 Å². The summed E-state index contributed by atoms with van der Waals surface area (Å²) in [6, 6.07) is 20.6. The van der Waals surface area contributed by atoms with Crippen molar-refractivity contribution in [1.82, 2.24) is 19.5 Å². The van der Waals surface area contributed by atoms with Gasteiger partial charge in [0, 0.05) is 18.0 Å². The Morgan fingerprint density at radius 1 is 1.00 bits per heavy atom. The molecule has 7 heteroatoms. The zero-order chi connectivity index (χ0) is 20.5. The molecule has 0 unspecified atom stereocenters. The standard InChI is InChI=1S/C23H19N5O2/c29-21(16-6-2-1-3-7-16)14-27-20-9-5-4-8-17(20)13-28-22(30)12-19(26-23(27)28)18-10-11-24-15-25-18/h1-12,15,21,29H,13-14H2/t21-/m1/s1. The zero-order valence-electron chi connectivity index (χ0n) is 16.1. The smallest absolute Gasteiger partial charge is 0.255 e. The largest absolute Gasteiger partial charge is 0.387 e. The maximum atomic E-state index is 13.0.